The summed E-state index contributed by atoms with van der Waals surface area (Å²) in [6.45, 7) is 1.10. The molecule has 0 bridgehead atoms. The molecule has 1 aromatic carbocycles. The van der Waals surface area contributed by atoms with E-state index in [4.69, 9.17) is 14.2 Å². The molecular weight excluding hydrogens is 317 g/mol. The molecule has 24 heavy (non-hydrogen) atoms. The maximum atomic E-state index is 13.1. The zero-order valence-electron chi connectivity index (χ0n) is 13.4. The van der Waals surface area contributed by atoms with Crippen LogP contribution in [0.3, 0.4) is 0 Å². The molecular formula is C16H20FN3O4. The van der Waals surface area contributed by atoms with Gasteiger partial charge in [0.25, 0.3) is 0 Å². The molecule has 3 rings (SSSR count). The first kappa shape index (κ1) is 16.8. The van der Waals surface area contributed by atoms with Crippen molar-refractivity contribution in [2.24, 2.45) is 0 Å². The predicted octanol–water partition coefficient (Wildman–Crippen LogP) is 1.14. The Morgan fingerprint density at radius 3 is 3.25 bits per heavy atom. The SMILES string of the molecule is CO[C@@H]1CCOC[C@H]1NC(=O)COCc1nc2ccc(F)cc2[nH]1. The molecule has 0 aliphatic carbocycles. The fourth-order valence-electron chi connectivity index (χ4n) is 2.73. The zero-order valence-corrected chi connectivity index (χ0v) is 13.4. The van der Waals surface area contributed by atoms with Gasteiger partial charge in [-0.2, -0.15) is 0 Å². The van der Waals surface area contributed by atoms with E-state index in [0.717, 1.165) is 6.42 Å². The van der Waals surface area contributed by atoms with Crippen molar-refractivity contribution >= 4 is 16.9 Å². The number of hydrogen-bond donors (Lipinski definition) is 2. The van der Waals surface area contributed by atoms with Crippen LogP contribution in [0.2, 0.25) is 0 Å². The number of hydrogen-bond acceptors (Lipinski definition) is 5. The van der Waals surface area contributed by atoms with Crippen LogP contribution in [0.5, 0.6) is 0 Å². The molecule has 2 N–H and O–H groups in total. The summed E-state index contributed by atoms with van der Waals surface area (Å²) in [4.78, 5) is 19.2. The minimum Gasteiger partial charge on any atom is -0.379 e. The van der Waals surface area contributed by atoms with Crippen LogP contribution in [0.4, 0.5) is 4.39 Å². The van der Waals surface area contributed by atoms with E-state index in [9.17, 15) is 9.18 Å². The number of rotatable bonds is 6. The molecule has 0 saturated carbocycles. The van der Waals surface area contributed by atoms with Gasteiger partial charge >= 0.3 is 0 Å². The summed E-state index contributed by atoms with van der Waals surface area (Å²) in [5.41, 5.74) is 1.25. The van der Waals surface area contributed by atoms with Crippen LogP contribution < -0.4 is 5.32 Å². The van der Waals surface area contributed by atoms with Crippen molar-refractivity contribution in [2.75, 3.05) is 26.9 Å². The third kappa shape index (κ3) is 4.08. The van der Waals surface area contributed by atoms with Crippen LogP contribution in [0, 0.1) is 5.82 Å². The number of nitrogens with one attached hydrogen (secondary N) is 2. The van der Waals surface area contributed by atoms with Gasteiger partial charge in [-0.3, -0.25) is 4.79 Å². The lowest BCUT2D eigenvalue weighted by atomic mass is 10.1. The van der Waals surface area contributed by atoms with Crippen molar-refractivity contribution in [3.05, 3.63) is 29.8 Å². The molecule has 7 nitrogen and oxygen atoms in total. The van der Waals surface area contributed by atoms with Crippen molar-refractivity contribution in [1.82, 2.24) is 15.3 Å². The summed E-state index contributed by atoms with van der Waals surface area (Å²) >= 11 is 0. The lowest BCUT2D eigenvalue weighted by Crippen LogP contribution is -2.51. The van der Waals surface area contributed by atoms with E-state index in [1.807, 2.05) is 0 Å². The summed E-state index contributed by atoms with van der Waals surface area (Å²) < 4.78 is 29.2. The number of amides is 1. The number of nitrogens with zero attached hydrogens (tertiary/aromatic N) is 1. The van der Waals surface area contributed by atoms with Gasteiger partial charge in [0.2, 0.25) is 5.91 Å². The first-order valence-electron chi connectivity index (χ1n) is 7.77. The van der Waals surface area contributed by atoms with Crippen molar-refractivity contribution < 1.29 is 23.4 Å². The number of aromatic nitrogens is 2. The van der Waals surface area contributed by atoms with Crippen molar-refractivity contribution in [3.63, 3.8) is 0 Å². The highest BCUT2D eigenvalue weighted by Crippen LogP contribution is 2.13. The number of ether oxygens (including phenoxy) is 3. The molecule has 8 heteroatoms. The fraction of sp³-hybridized carbons (Fsp3) is 0.500. The van der Waals surface area contributed by atoms with Gasteiger partial charge in [0.05, 0.1) is 29.8 Å². The zero-order chi connectivity index (χ0) is 16.9. The number of H-pyrrole nitrogens is 1. The quantitative estimate of drug-likeness (QED) is 0.826. The van der Waals surface area contributed by atoms with Crippen LogP contribution in [-0.4, -0.2) is 55.0 Å². The van der Waals surface area contributed by atoms with Crippen LogP contribution in [0.15, 0.2) is 18.2 Å². The summed E-state index contributed by atoms with van der Waals surface area (Å²) in [5.74, 6) is -0.0331. The molecule has 2 aromatic rings. The smallest absolute Gasteiger partial charge is 0.246 e. The molecule has 0 radical (unpaired) electrons. The molecule has 1 aliphatic rings. The van der Waals surface area contributed by atoms with Gasteiger partial charge in [-0.05, 0) is 24.6 Å². The Morgan fingerprint density at radius 1 is 1.54 bits per heavy atom. The Balaban J connectivity index is 1.47. The second kappa shape index (κ2) is 7.69. The van der Waals surface area contributed by atoms with E-state index in [0.29, 0.717) is 30.1 Å². The number of benzene rings is 1. The first-order chi connectivity index (χ1) is 11.7. The van der Waals surface area contributed by atoms with Crippen LogP contribution in [0.1, 0.15) is 12.2 Å². The Hall–Kier alpha value is -2.03. The lowest BCUT2D eigenvalue weighted by molar-refractivity contribution is -0.130. The highest BCUT2D eigenvalue weighted by atomic mass is 19.1. The van der Waals surface area contributed by atoms with E-state index in [1.165, 1.54) is 12.1 Å². The van der Waals surface area contributed by atoms with E-state index >= 15 is 0 Å². The average molecular weight is 337 g/mol. The summed E-state index contributed by atoms with van der Waals surface area (Å²) in [6.07, 6.45) is 0.700. The van der Waals surface area contributed by atoms with E-state index in [2.05, 4.69) is 15.3 Å². The molecule has 1 aliphatic heterocycles. The maximum absolute atomic E-state index is 13.1. The van der Waals surface area contributed by atoms with Gasteiger partial charge in [-0.25, -0.2) is 9.37 Å². The standard InChI is InChI=1S/C16H20FN3O4/c1-22-14-4-5-23-7-13(14)20-16(21)9-24-8-15-18-11-3-2-10(17)6-12(11)19-15/h2-3,6,13-14H,4-5,7-9H2,1H3,(H,18,19)(H,20,21)/t13-,14-/m1/s1. The van der Waals surface area contributed by atoms with E-state index in [-0.39, 0.29) is 37.1 Å². The van der Waals surface area contributed by atoms with Crippen molar-refractivity contribution in [2.45, 2.75) is 25.2 Å². The van der Waals surface area contributed by atoms with Gasteiger partial charge in [0.15, 0.2) is 0 Å². The molecule has 1 saturated heterocycles. The topological polar surface area (TPSA) is 85.5 Å². The Bertz CT molecular complexity index is 706. The molecule has 2 heterocycles. The van der Waals surface area contributed by atoms with Crippen molar-refractivity contribution in [1.29, 1.82) is 0 Å². The minimum atomic E-state index is -0.333. The second-order valence-corrected chi connectivity index (χ2v) is 5.65. The van der Waals surface area contributed by atoms with Gasteiger partial charge < -0.3 is 24.5 Å². The Labute approximate surface area is 138 Å². The summed E-state index contributed by atoms with van der Waals surface area (Å²) in [7, 11) is 1.62. The number of methoxy groups -OCH3 is 1. The Kier molecular flexibility index (Phi) is 5.39. The third-order valence-corrected chi connectivity index (χ3v) is 3.91. The molecule has 0 unspecified atom stereocenters. The largest absolute Gasteiger partial charge is 0.379 e. The van der Waals surface area contributed by atoms with Crippen LogP contribution >= 0.6 is 0 Å². The second-order valence-electron chi connectivity index (χ2n) is 5.65. The van der Waals surface area contributed by atoms with Crippen LogP contribution in [0.25, 0.3) is 11.0 Å². The van der Waals surface area contributed by atoms with E-state index < -0.39 is 0 Å². The normalized spacial score (nSPS) is 21.1. The highest BCUT2D eigenvalue weighted by Gasteiger charge is 2.26. The molecule has 1 amide bonds. The molecule has 2 atom stereocenters. The number of carbonyl (C=O) groups is 1. The molecule has 1 aromatic heterocycles. The Morgan fingerprint density at radius 2 is 2.42 bits per heavy atom. The van der Waals surface area contributed by atoms with Gasteiger partial charge in [-0.1, -0.05) is 0 Å². The predicted molar refractivity (Wildman–Crippen MR) is 83.9 cm³/mol. The average Bonchev–Trinajstić information content (AvgIpc) is 2.97. The molecule has 130 valence electrons. The highest BCUT2D eigenvalue weighted by molar-refractivity contribution is 5.77. The number of aromatic amines is 1. The minimum absolute atomic E-state index is 0.0482. The van der Waals surface area contributed by atoms with Crippen LogP contribution in [-0.2, 0) is 25.6 Å². The van der Waals surface area contributed by atoms with Gasteiger partial charge in [0, 0.05) is 13.7 Å². The molecule has 0 spiro atoms. The van der Waals surface area contributed by atoms with E-state index in [1.54, 1.807) is 13.2 Å². The number of carbonyl (C=O) groups excluding carboxylic acids is 1. The van der Waals surface area contributed by atoms with Crippen molar-refractivity contribution in [3.8, 4) is 0 Å². The monoisotopic (exact) mass is 337 g/mol. The number of imidazole rings is 1. The number of fused-ring (bicyclic) bond motifs is 1. The lowest BCUT2D eigenvalue weighted by Gasteiger charge is -2.30. The summed E-state index contributed by atoms with van der Waals surface area (Å²) in [6, 6.07) is 4.13. The third-order valence-electron chi connectivity index (χ3n) is 3.91. The first-order valence-corrected chi connectivity index (χ1v) is 7.77. The number of halogens is 1. The van der Waals surface area contributed by atoms with Gasteiger partial charge in [0.1, 0.15) is 24.9 Å². The maximum Gasteiger partial charge on any atom is 0.246 e. The fourth-order valence-corrected chi connectivity index (χ4v) is 2.73. The summed E-state index contributed by atoms with van der Waals surface area (Å²) in [5, 5.41) is 2.85. The molecule has 1 fully saturated rings. The van der Waals surface area contributed by atoms with Gasteiger partial charge in [-0.15, -0.1) is 0 Å².